The molecule has 114 valence electrons. The average Bonchev–Trinajstić information content (AvgIpc) is 2.89. The van der Waals surface area contributed by atoms with Crippen molar-refractivity contribution in [2.75, 3.05) is 0 Å². The summed E-state index contributed by atoms with van der Waals surface area (Å²) in [5.41, 5.74) is 4.33. The maximum atomic E-state index is 12.3. The molecule has 4 aromatic rings. The van der Waals surface area contributed by atoms with Crippen molar-refractivity contribution in [3.8, 4) is 11.4 Å². The van der Waals surface area contributed by atoms with Gasteiger partial charge in [-0.3, -0.25) is 9.20 Å². The van der Waals surface area contributed by atoms with Gasteiger partial charge in [-0.15, -0.1) is 0 Å². The first-order valence-corrected chi connectivity index (χ1v) is 7.83. The third-order valence-electron chi connectivity index (χ3n) is 3.62. The highest BCUT2D eigenvalue weighted by molar-refractivity contribution is 9.10. The number of rotatable bonds is 1. The number of pyridine rings is 1. The van der Waals surface area contributed by atoms with E-state index < -0.39 is 0 Å². The summed E-state index contributed by atoms with van der Waals surface area (Å²) in [5, 5.41) is 4.53. The number of aryl methyl sites for hydroxylation is 2. The Labute approximate surface area is 139 Å². The minimum atomic E-state index is -0.146. The lowest BCUT2D eigenvalue weighted by molar-refractivity contribution is 0.925. The fraction of sp³-hybridized carbons (Fsp3) is 0.125. The molecule has 4 aromatic heterocycles. The zero-order chi connectivity index (χ0) is 16.1. The van der Waals surface area contributed by atoms with Crippen molar-refractivity contribution in [2.24, 2.45) is 0 Å². The Kier molecular flexibility index (Phi) is 3.05. The van der Waals surface area contributed by atoms with Crippen molar-refractivity contribution in [3.63, 3.8) is 0 Å². The van der Waals surface area contributed by atoms with E-state index in [-0.39, 0.29) is 5.56 Å². The quantitative estimate of drug-likeness (QED) is 0.517. The number of hydrogen-bond donors (Lipinski definition) is 0. The van der Waals surface area contributed by atoms with Crippen LogP contribution in [0.15, 0.2) is 45.9 Å². The second-order valence-electron chi connectivity index (χ2n) is 5.42. The van der Waals surface area contributed by atoms with E-state index in [4.69, 9.17) is 0 Å². The summed E-state index contributed by atoms with van der Waals surface area (Å²) in [6, 6.07) is 7.05. The first-order chi connectivity index (χ1) is 11.0. The molecule has 4 heterocycles. The van der Waals surface area contributed by atoms with Crippen LogP contribution in [0.5, 0.6) is 0 Å². The molecular weight excluding hydrogens is 358 g/mol. The number of imidazole rings is 1. The fourth-order valence-electron chi connectivity index (χ4n) is 2.58. The molecule has 0 bridgehead atoms. The molecule has 0 spiro atoms. The van der Waals surface area contributed by atoms with Gasteiger partial charge in [0.1, 0.15) is 11.3 Å². The summed E-state index contributed by atoms with van der Waals surface area (Å²) in [7, 11) is 0. The Balaban J connectivity index is 1.98. The standard InChI is InChI=1S/C16H12BrN5O/c1-9-5-13(20-22-7-10(2)18-16(9)22)12-6-15(23)21-8-11(17)3-4-14(21)19-12/h3-8H,1-2H3. The zero-order valence-electron chi connectivity index (χ0n) is 12.5. The van der Waals surface area contributed by atoms with Gasteiger partial charge in [0, 0.05) is 16.7 Å². The molecule has 0 atom stereocenters. The molecule has 0 fully saturated rings. The Bertz CT molecular complexity index is 1130. The molecule has 0 aromatic carbocycles. The third-order valence-corrected chi connectivity index (χ3v) is 4.08. The molecule has 0 N–H and O–H groups in total. The van der Waals surface area contributed by atoms with Crippen LogP contribution in [0.2, 0.25) is 0 Å². The van der Waals surface area contributed by atoms with Crippen molar-refractivity contribution in [3.05, 3.63) is 62.7 Å². The van der Waals surface area contributed by atoms with Crippen LogP contribution in [0.1, 0.15) is 11.3 Å². The molecule has 23 heavy (non-hydrogen) atoms. The van der Waals surface area contributed by atoms with Gasteiger partial charge >= 0.3 is 0 Å². The molecule has 0 aliphatic heterocycles. The zero-order valence-corrected chi connectivity index (χ0v) is 14.1. The molecular formula is C16H12BrN5O. The molecule has 6 nitrogen and oxygen atoms in total. The number of nitrogens with zero attached hydrogens (tertiary/aromatic N) is 5. The van der Waals surface area contributed by atoms with Gasteiger partial charge in [-0.25, -0.2) is 14.5 Å². The molecule has 0 radical (unpaired) electrons. The van der Waals surface area contributed by atoms with Gasteiger partial charge in [0.15, 0.2) is 5.65 Å². The lowest BCUT2D eigenvalue weighted by atomic mass is 10.2. The second kappa shape index (κ2) is 4.99. The van der Waals surface area contributed by atoms with Gasteiger partial charge in [-0.1, -0.05) is 0 Å². The van der Waals surface area contributed by atoms with E-state index in [2.05, 4.69) is 31.0 Å². The van der Waals surface area contributed by atoms with Crippen molar-refractivity contribution >= 4 is 27.2 Å². The van der Waals surface area contributed by atoms with Gasteiger partial charge in [0.25, 0.3) is 5.56 Å². The Hall–Kier alpha value is -2.54. The number of halogens is 1. The van der Waals surface area contributed by atoms with Crippen molar-refractivity contribution in [2.45, 2.75) is 13.8 Å². The van der Waals surface area contributed by atoms with Gasteiger partial charge < -0.3 is 0 Å². The van der Waals surface area contributed by atoms with E-state index in [0.717, 1.165) is 21.4 Å². The molecule has 0 saturated carbocycles. The van der Waals surface area contributed by atoms with Crippen LogP contribution in [0.3, 0.4) is 0 Å². The van der Waals surface area contributed by atoms with Crippen LogP contribution in [-0.4, -0.2) is 24.0 Å². The van der Waals surface area contributed by atoms with Crippen molar-refractivity contribution < 1.29 is 0 Å². The van der Waals surface area contributed by atoms with Crippen LogP contribution in [0, 0.1) is 13.8 Å². The number of fused-ring (bicyclic) bond motifs is 2. The first kappa shape index (κ1) is 14.1. The van der Waals surface area contributed by atoms with E-state index >= 15 is 0 Å². The van der Waals surface area contributed by atoms with Crippen LogP contribution in [0.4, 0.5) is 0 Å². The summed E-state index contributed by atoms with van der Waals surface area (Å²) in [6.07, 6.45) is 3.56. The fourth-order valence-corrected chi connectivity index (χ4v) is 2.91. The second-order valence-corrected chi connectivity index (χ2v) is 6.33. The van der Waals surface area contributed by atoms with Gasteiger partial charge in [-0.05, 0) is 53.5 Å². The van der Waals surface area contributed by atoms with Crippen molar-refractivity contribution in [1.82, 2.24) is 24.0 Å². The smallest absolute Gasteiger partial charge is 0.258 e. The predicted molar refractivity (Wildman–Crippen MR) is 90.6 cm³/mol. The highest BCUT2D eigenvalue weighted by atomic mass is 79.9. The monoisotopic (exact) mass is 369 g/mol. The molecule has 4 rings (SSSR count). The average molecular weight is 370 g/mol. The SMILES string of the molecule is Cc1cn2nc(-c3cc(=O)n4cc(Br)ccc4n3)cc(C)c2n1. The third kappa shape index (κ3) is 2.33. The summed E-state index contributed by atoms with van der Waals surface area (Å²) in [5.74, 6) is 0. The molecule has 0 amide bonds. The van der Waals surface area contributed by atoms with Gasteiger partial charge in [0.05, 0.1) is 17.6 Å². The maximum Gasteiger partial charge on any atom is 0.258 e. The Morgan fingerprint density at radius 1 is 1.04 bits per heavy atom. The largest absolute Gasteiger partial charge is 0.269 e. The van der Waals surface area contributed by atoms with E-state index in [1.165, 1.54) is 10.5 Å². The van der Waals surface area contributed by atoms with Crippen LogP contribution in [-0.2, 0) is 0 Å². The molecule has 0 unspecified atom stereocenters. The van der Waals surface area contributed by atoms with E-state index in [0.29, 0.717) is 17.0 Å². The lowest BCUT2D eigenvalue weighted by Gasteiger charge is -2.06. The highest BCUT2D eigenvalue weighted by Gasteiger charge is 2.10. The molecule has 0 aliphatic rings. The molecule has 0 saturated heterocycles. The molecule has 0 aliphatic carbocycles. The van der Waals surface area contributed by atoms with Crippen LogP contribution >= 0.6 is 15.9 Å². The van der Waals surface area contributed by atoms with Crippen LogP contribution in [0.25, 0.3) is 22.7 Å². The predicted octanol–water partition coefficient (Wildman–Crippen LogP) is 2.78. The highest BCUT2D eigenvalue weighted by Crippen LogP contribution is 2.19. The van der Waals surface area contributed by atoms with Crippen molar-refractivity contribution in [1.29, 1.82) is 0 Å². The maximum absolute atomic E-state index is 12.3. The number of aromatic nitrogens is 5. The van der Waals surface area contributed by atoms with Crippen LogP contribution < -0.4 is 5.56 Å². The summed E-state index contributed by atoms with van der Waals surface area (Å²) >= 11 is 3.36. The normalized spacial score (nSPS) is 11.4. The topological polar surface area (TPSA) is 64.6 Å². The van der Waals surface area contributed by atoms with E-state index in [1.54, 1.807) is 16.8 Å². The van der Waals surface area contributed by atoms with Gasteiger partial charge in [-0.2, -0.15) is 5.10 Å². The first-order valence-electron chi connectivity index (χ1n) is 7.04. The minimum Gasteiger partial charge on any atom is -0.269 e. The summed E-state index contributed by atoms with van der Waals surface area (Å²) in [4.78, 5) is 21.3. The number of hydrogen-bond acceptors (Lipinski definition) is 4. The van der Waals surface area contributed by atoms with Gasteiger partial charge in [0.2, 0.25) is 0 Å². The summed E-state index contributed by atoms with van der Waals surface area (Å²) < 4.78 is 4.05. The minimum absolute atomic E-state index is 0.146. The molecule has 7 heteroatoms. The lowest BCUT2D eigenvalue weighted by Crippen LogP contribution is -2.14. The van der Waals surface area contributed by atoms with E-state index in [1.807, 2.05) is 32.2 Å². The summed E-state index contributed by atoms with van der Waals surface area (Å²) in [6.45, 7) is 3.89. The Morgan fingerprint density at radius 3 is 2.70 bits per heavy atom. The van der Waals surface area contributed by atoms with E-state index in [9.17, 15) is 4.79 Å². The Morgan fingerprint density at radius 2 is 1.87 bits per heavy atom.